The van der Waals surface area contributed by atoms with Crippen molar-refractivity contribution in [3.05, 3.63) is 24.3 Å². The van der Waals surface area contributed by atoms with Gasteiger partial charge in [0.1, 0.15) is 11.8 Å². The van der Waals surface area contributed by atoms with E-state index < -0.39 is 33.5 Å². The monoisotopic (exact) mass is 315 g/mol. The smallest absolute Gasteiger partial charge is 0.329 e. The van der Waals surface area contributed by atoms with Crippen molar-refractivity contribution in [2.24, 2.45) is 0 Å². The van der Waals surface area contributed by atoms with Gasteiger partial charge in [-0.25, -0.2) is 13.2 Å². The molecule has 1 aromatic carbocycles. The van der Waals surface area contributed by atoms with Crippen LogP contribution >= 0.6 is 0 Å². The van der Waals surface area contributed by atoms with Gasteiger partial charge >= 0.3 is 5.97 Å². The lowest BCUT2D eigenvalue weighted by Crippen LogP contribution is -2.45. The van der Waals surface area contributed by atoms with Gasteiger partial charge in [0.25, 0.3) is 0 Å². The van der Waals surface area contributed by atoms with Crippen LogP contribution in [0.5, 0.6) is 5.75 Å². The summed E-state index contributed by atoms with van der Waals surface area (Å²) >= 11 is 0. The van der Waals surface area contributed by atoms with Crippen molar-refractivity contribution in [2.45, 2.75) is 17.9 Å². The van der Waals surface area contributed by atoms with Gasteiger partial charge < -0.3 is 14.8 Å². The molecule has 0 bridgehead atoms. The standard InChI is InChI=1S/C13H17NO6S/c1-9(15)14-12(13(16)20-3)8-21(17,18)11-6-4-10(19-2)5-7-11/h4-7,12H,8H2,1-3H3,(H,14,15). The summed E-state index contributed by atoms with van der Waals surface area (Å²) in [5, 5.41) is 2.26. The van der Waals surface area contributed by atoms with E-state index in [1.807, 2.05) is 0 Å². The molecular formula is C13H17NO6S. The lowest BCUT2D eigenvalue weighted by molar-refractivity contribution is -0.144. The molecule has 0 fully saturated rings. The number of carbonyl (C=O) groups is 2. The third kappa shape index (κ3) is 4.75. The quantitative estimate of drug-likeness (QED) is 0.750. The van der Waals surface area contributed by atoms with Crippen molar-refractivity contribution >= 4 is 21.7 Å². The maximum atomic E-state index is 12.2. The first-order valence-electron chi connectivity index (χ1n) is 6.02. The van der Waals surface area contributed by atoms with Crippen molar-refractivity contribution < 1.29 is 27.5 Å². The van der Waals surface area contributed by atoms with E-state index >= 15 is 0 Å². The number of methoxy groups -OCH3 is 2. The van der Waals surface area contributed by atoms with Gasteiger partial charge in [0, 0.05) is 6.92 Å². The maximum absolute atomic E-state index is 12.2. The van der Waals surface area contributed by atoms with Gasteiger partial charge in [0.2, 0.25) is 5.91 Å². The van der Waals surface area contributed by atoms with Gasteiger partial charge in [-0.1, -0.05) is 0 Å². The molecule has 0 saturated heterocycles. The van der Waals surface area contributed by atoms with Gasteiger partial charge in [-0.3, -0.25) is 4.79 Å². The third-order valence-corrected chi connectivity index (χ3v) is 4.43. The van der Waals surface area contributed by atoms with Crippen LogP contribution in [0.15, 0.2) is 29.2 Å². The van der Waals surface area contributed by atoms with Gasteiger partial charge in [-0.2, -0.15) is 0 Å². The molecule has 116 valence electrons. The Kier molecular flexibility index (Phi) is 5.71. The zero-order valence-corrected chi connectivity index (χ0v) is 12.8. The van der Waals surface area contributed by atoms with Gasteiger partial charge in [-0.05, 0) is 24.3 Å². The summed E-state index contributed by atoms with van der Waals surface area (Å²) < 4.78 is 33.9. The largest absolute Gasteiger partial charge is 0.497 e. The van der Waals surface area contributed by atoms with Crippen LogP contribution in [0.2, 0.25) is 0 Å². The molecule has 1 N–H and O–H groups in total. The molecule has 0 radical (unpaired) electrons. The first-order valence-corrected chi connectivity index (χ1v) is 7.67. The van der Waals surface area contributed by atoms with Crippen LogP contribution in [0.3, 0.4) is 0 Å². The molecule has 21 heavy (non-hydrogen) atoms. The Bertz CT molecular complexity index is 608. The zero-order valence-electron chi connectivity index (χ0n) is 12.0. The Morgan fingerprint density at radius 2 is 1.76 bits per heavy atom. The van der Waals surface area contributed by atoms with E-state index in [1.54, 1.807) is 0 Å². The van der Waals surface area contributed by atoms with E-state index in [2.05, 4.69) is 10.1 Å². The molecule has 7 nitrogen and oxygen atoms in total. The minimum absolute atomic E-state index is 0.0301. The normalized spacial score (nSPS) is 12.3. The predicted octanol–water partition coefficient (Wildman–Crippen LogP) is 0.147. The van der Waals surface area contributed by atoms with E-state index in [1.165, 1.54) is 38.3 Å². The Morgan fingerprint density at radius 3 is 2.19 bits per heavy atom. The molecule has 1 aromatic rings. The number of esters is 1. The third-order valence-electron chi connectivity index (χ3n) is 2.67. The van der Waals surface area contributed by atoms with Crippen LogP contribution in [-0.2, 0) is 24.2 Å². The summed E-state index contributed by atoms with van der Waals surface area (Å²) in [4.78, 5) is 22.6. The first-order chi connectivity index (χ1) is 9.80. The molecule has 1 rings (SSSR count). The zero-order chi connectivity index (χ0) is 16.0. The summed E-state index contributed by atoms with van der Waals surface area (Å²) in [6.07, 6.45) is 0. The number of sulfone groups is 1. The Hall–Kier alpha value is -2.09. The fraction of sp³-hybridized carbons (Fsp3) is 0.385. The van der Waals surface area contributed by atoms with Crippen molar-refractivity contribution in [2.75, 3.05) is 20.0 Å². The number of amides is 1. The Labute approximate surface area is 123 Å². The number of nitrogens with one attached hydrogen (secondary N) is 1. The number of hydrogen-bond donors (Lipinski definition) is 1. The minimum atomic E-state index is -3.76. The molecule has 0 aromatic heterocycles. The van der Waals surface area contributed by atoms with Crippen molar-refractivity contribution in [3.8, 4) is 5.75 Å². The summed E-state index contributed by atoms with van der Waals surface area (Å²) in [5.74, 6) is -1.40. The number of ether oxygens (including phenoxy) is 2. The fourth-order valence-electron chi connectivity index (χ4n) is 1.65. The molecule has 0 aliphatic carbocycles. The number of benzene rings is 1. The molecule has 0 heterocycles. The average Bonchev–Trinajstić information content (AvgIpc) is 2.45. The Morgan fingerprint density at radius 1 is 1.19 bits per heavy atom. The second-order valence-corrected chi connectivity index (χ2v) is 6.27. The van der Waals surface area contributed by atoms with Crippen LogP contribution in [0.4, 0.5) is 0 Å². The lowest BCUT2D eigenvalue weighted by Gasteiger charge is -2.15. The second kappa shape index (κ2) is 7.07. The predicted molar refractivity (Wildman–Crippen MR) is 74.7 cm³/mol. The van der Waals surface area contributed by atoms with Crippen molar-refractivity contribution in [1.29, 1.82) is 0 Å². The van der Waals surface area contributed by atoms with E-state index in [9.17, 15) is 18.0 Å². The summed E-state index contributed by atoms with van der Waals surface area (Å²) in [7, 11) is -1.17. The highest BCUT2D eigenvalue weighted by Gasteiger charge is 2.28. The van der Waals surface area contributed by atoms with Crippen LogP contribution in [0.1, 0.15) is 6.92 Å². The highest BCUT2D eigenvalue weighted by molar-refractivity contribution is 7.91. The Balaban J connectivity index is 2.98. The summed E-state index contributed by atoms with van der Waals surface area (Å²) in [6.45, 7) is 1.19. The number of rotatable bonds is 6. The van der Waals surface area contributed by atoms with Gasteiger partial charge in [0.15, 0.2) is 9.84 Å². The van der Waals surface area contributed by atoms with Gasteiger partial charge in [0.05, 0.1) is 24.9 Å². The van der Waals surface area contributed by atoms with E-state index in [0.717, 1.165) is 7.11 Å². The van der Waals surface area contributed by atoms with E-state index in [0.29, 0.717) is 5.75 Å². The second-order valence-electron chi connectivity index (χ2n) is 4.23. The van der Waals surface area contributed by atoms with Crippen molar-refractivity contribution in [1.82, 2.24) is 5.32 Å². The minimum Gasteiger partial charge on any atom is -0.497 e. The topological polar surface area (TPSA) is 98.8 Å². The SMILES string of the molecule is COC(=O)C(CS(=O)(=O)c1ccc(OC)cc1)NC(C)=O. The lowest BCUT2D eigenvalue weighted by atomic mass is 10.3. The molecule has 0 aliphatic heterocycles. The van der Waals surface area contributed by atoms with Gasteiger partial charge in [-0.15, -0.1) is 0 Å². The van der Waals surface area contributed by atoms with Crippen LogP contribution in [0.25, 0.3) is 0 Å². The molecule has 0 aliphatic rings. The fourth-order valence-corrected chi connectivity index (χ4v) is 3.06. The highest BCUT2D eigenvalue weighted by Crippen LogP contribution is 2.17. The van der Waals surface area contributed by atoms with Crippen LogP contribution in [0, 0.1) is 0 Å². The van der Waals surface area contributed by atoms with E-state index in [-0.39, 0.29) is 4.90 Å². The summed E-state index contributed by atoms with van der Waals surface area (Å²) in [6, 6.07) is 4.49. The molecule has 1 unspecified atom stereocenters. The maximum Gasteiger partial charge on any atom is 0.329 e. The molecule has 0 saturated carbocycles. The molecule has 8 heteroatoms. The highest BCUT2D eigenvalue weighted by atomic mass is 32.2. The summed E-state index contributed by atoms with van der Waals surface area (Å²) in [5.41, 5.74) is 0. The molecule has 0 spiro atoms. The number of hydrogen-bond acceptors (Lipinski definition) is 6. The molecular weight excluding hydrogens is 298 g/mol. The average molecular weight is 315 g/mol. The van der Waals surface area contributed by atoms with Crippen LogP contribution in [-0.4, -0.2) is 46.3 Å². The van der Waals surface area contributed by atoms with Crippen molar-refractivity contribution in [3.63, 3.8) is 0 Å². The molecule has 1 atom stereocenters. The van der Waals surface area contributed by atoms with E-state index in [4.69, 9.17) is 4.74 Å². The number of carbonyl (C=O) groups excluding carboxylic acids is 2. The van der Waals surface area contributed by atoms with Crippen LogP contribution < -0.4 is 10.1 Å². The first kappa shape index (κ1) is 17.0. The molecule has 1 amide bonds.